The van der Waals surface area contributed by atoms with Crippen molar-refractivity contribution in [2.45, 2.75) is 33.2 Å². The number of imidazole rings is 1. The topological polar surface area (TPSA) is 82.2 Å². The number of carbonyl (C=O) groups excluding carboxylic acids is 1. The molecule has 0 bridgehead atoms. The Morgan fingerprint density at radius 3 is 2.68 bits per heavy atom. The lowest BCUT2D eigenvalue weighted by molar-refractivity contribution is 0.259. The Hall–Kier alpha value is -3.28. The van der Waals surface area contributed by atoms with Crippen LogP contribution in [0.15, 0.2) is 54.9 Å². The molecule has 0 aliphatic heterocycles. The largest absolute Gasteiger partial charge is 0.491 e. The standard InChI is InChI=1S/C22H26N4O2/c1-3-18-21(17-10-5-4-6-11-17)24-15-26(18)13-8-14-28-19-12-7-9-16(2)20(19)25-22(23)27/h4-7,9-12,15H,3,8,13-14H2,1-2H3,(H3,23,25,27). The number of aryl methyl sites for hydroxylation is 2. The maximum absolute atomic E-state index is 11.2. The average molecular weight is 378 g/mol. The summed E-state index contributed by atoms with van der Waals surface area (Å²) in [6.45, 7) is 5.39. The average Bonchev–Trinajstić information content (AvgIpc) is 3.11. The Bertz CT molecular complexity index is 935. The quantitative estimate of drug-likeness (QED) is 0.571. The van der Waals surface area contributed by atoms with E-state index in [1.165, 1.54) is 5.69 Å². The molecule has 0 aliphatic rings. The van der Waals surface area contributed by atoms with E-state index >= 15 is 0 Å². The van der Waals surface area contributed by atoms with Gasteiger partial charge in [0.1, 0.15) is 5.75 Å². The van der Waals surface area contributed by atoms with Gasteiger partial charge in [-0.1, -0.05) is 49.4 Å². The Morgan fingerprint density at radius 2 is 1.96 bits per heavy atom. The zero-order valence-corrected chi connectivity index (χ0v) is 16.3. The fourth-order valence-electron chi connectivity index (χ4n) is 3.27. The number of amides is 2. The molecule has 0 saturated heterocycles. The van der Waals surface area contributed by atoms with E-state index in [1.807, 2.05) is 49.6 Å². The first kappa shape index (κ1) is 19.5. The number of anilines is 1. The highest BCUT2D eigenvalue weighted by Gasteiger charge is 2.12. The van der Waals surface area contributed by atoms with Crippen LogP contribution < -0.4 is 15.8 Å². The summed E-state index contributed by atoms with van der Waals surface area (Å²) in [5.74, 6) is 0.630. The maximum Gasteiger partial charge on any atom is 0.316 e. The van der Waals surface area contributed by atoms with Crippen LogP contribution in [0, 0.1) is 6.92 Å². The van der Waals surface area contributed by atoms with Crippen LogP contribution >= 0.6 is 0 Å². The molecule has 6 nitrogen and oxygen atoms in total. The molecule has 3 aromatic rings. The second kappa shape index (κ2) is 9.08. The number of aromatic nitrogens is 2. The minimum atomic E-state index is -0.599. The van der Waals surface area contributed by atoms with Gasteiger partial charge in [0.25, 0.3) is 0 Å². The number of carbonyl (C=O) groups is 1. The van der Waals surface area contributed by atoms with Gasteiger partial charge >= 0.3 is 6.03 Å². The van der Waals surface area contributed by atoms with Crippen LogP contribution in [0.25, 0.3) is 11.3 Å². The van der Waals surface area contributed by atoms with Crippen molar-refractivity contribution in [2.75, 3.05) is 11.9 Å². The number of hydrogen-bond donors (Lipinski definition) is 2. The predicted octanol–water partition coefficient (Wildman–Crippen LogP) is 4.38. The van der Waals surface area contributed by atoms with E-state index in [0.29, 0.717) is 18.0 Å². The van der Waals surface area contributed by atoms with Gasteiger partial charge in [0, 0.05) is 17.8 Å². The molecule has 3 rings (SSSR count). The first-order valence-electron chi connectivity index (χ1n) is 9.48. The third-order valence-electron chi connectivity index (χ3n) is 4.61. The summed E-state index contributed by atoms with van der Waals surface area (Å²) in [6.07, 6.45) is 3.63. The summed E-state index contributed by atoms with van der Waals surface area (Å²) in [7, 11) is 0. The number of primary amides is 1. The van der Waals surface area contributed by atoms with Gasteiger partial charge in [-0.05, 0) is 31.4 Å². The van der Waals surface area contributed by atoms with E-state index in [0.717, 1.165) is 36.2 Å². The third kappa shape index (κ3) is 4.52. The van der Waals surface area contributed by atoms with Gasteiger partial charge in [0.05, 0.1) is 24.3 Å². The SMILES string of the molecule is CCc1c(-c2ccccc2)ncn1CCCOc1cccc(C)c1NC(N)=O. The second-order valence-electron chi connectivity index (χ2n) is 6.59. The molecular formula is C22H26N4O2. The second-order valence-corrected chi connectivity index (χ2v) is 6.59. The van der Waals surface area contributed by atoms with Gasteiger partial charge in [-0.15, -0.1) is 0 Å². The Balaban J connectivity index is 1.63. The molecule has 146 valence electrons. The van der Waals surface area contributed by atoms with Gasteiger partial charge in [0.15, 0.2) is 0 Å². The highest BCUT2D eigenvalue weighted by atomic mass is 16.5. The number of nitrogens with one attached hydrogen (secondary N) is 1. The zero-order valence-electron chi connectivity index (χ0n) is 16.3. The molecule has 6 heteroatoms. The molecule has 0 spiro atoms. The molecule has 0 atom stereocenters. The van der Waals surface area contributed by atoms with E-state index < -0.39 is 6.03 Å². The Labute approximate surface area is 165 Å². The summed E-state index contributed by atoms with van der Waals surface area (Å²) in [4.78, 5) is 15.8. The number of ether oxygens (including phenoxy) is 1. The smallest absolute Gasteiger partial charge is 0.316 e. The molecule has 0 saturated carbocycles. The summed E-state index contributed by atoms with van der Waals surface area (Å²) < 4.78 is 8.09. The fraction of sp³-hybridized carbons (Fsp3) is 0.273. The molecule has 2 amide bonds. The van der Waals surface area contributed by atoms with Gasteiger partial charge in [-0.2, -0.15) is 0 Å². The van der Waals surface area contributed by atoms with Crippen molar-refractivity contribution in [3.8, 4) is 17.0 Å². The maximum atomic E-state index is 11.2. The van der Waals surface area contributed by atoms with Crippen LogP contribution in [0.3, 0.4) is 0 Å². The van der Waals surface area contributed by atoms with Gasteiger partial charge in [-0.25, -0.2) is 9.78 Å². The van der Waals surface area contributed by atoms with Crippen LogP contribution in [0.5, 0.6) is 5.75 Å². The molecular weight excluding hydrogens is 352 g/mol. The molecule has 3 N–H and O–H groups in total. The fourth-order valence-corrected chi connectivity index (χ4v) is 3.27. The monoisotopic (exact) mass is 378 g/mol. The highest BCUT2D eigenvalue weighted by molar-refractivity contribution is 5.90. The molecule has 0 fully saturated rings. The van der Waals surface area contributed by atoms with Crippen molar-refractivity contribution in [1.29, 1.82) is 0 Å². The molecule has 0 radical (unpaired) electrons. The lowest BCUT2D eigenvalue weighted by Gasteiger charge is -2.14. The number of para-hydroxylation sites is 1. The highest BCUT2D eigenvalue weighted by Crippen LogP contribution is 2.28. The van der Waals surface area contributed by atoms with Gasteiger partial charge in [0.2, 0.25) is 0 Å². The number of rotatable bonds is 8. The van der Waals surface area contributed by atoms with Crippen LogP contribution in [0.4, 0.5) is 10.5 Å². The summed E-state index contributed by atoms with van der Waals surface area (Å²) in [5, 5.41) is 2.64. The van der Waals surface area contributed by atoms with E-state index in [1.54, 1.807) is 0 Å². The van der Waals surface area contributed by atoms with Crippen LogP contribution in [-0.4, -0.2) is 22.2 Å². The van der Waals surface area contributed by atoms with Crippen molar-refractivity contribution in [3.05, 3.63) is 66.1 Å². The van der Waals surface area contributed by atoms with Crippen molar-refractivity contribution in [1.82, 2.24) is 9.55 Å². The molecule has 1 aromatic heterocycles. The normalized spacial score (nSPS) is 10.6. The Morgan fingerprint density at radius 1 is 1.18 bits per heavy atom. The molecule has 0 aliphatic carbocycles. The van der Waals surface area contributed by atoms with E-state index in [-0.39, 0.29) is 0 Å². The minimum absolute atomic E-state index is 0.527. The van der Waals surface area contributed by atoms with Crippen molar-refractivity contribution in [2.24, 2.45) is 5.73 Å². The first-order valence-corrected chi connectivity index (χ1v) is 9.48. The van der Waals surface area contributed by atoms with Crippen LogP contribution in [-0.2, 0) is 13.0 Å². The third-order valence-corrected chi connectivity index (χ3v) is 4.61. The lowest BCUT2D eigenvalue weighted by Crippen LogP contribution is -2.20. The number of hydrogen-bond acceptors (Lipinski definition) is 3. The summed E-state index contributed by atoms with van der Waals surface area (Å²) in [5.41, 5.74) is 10.2. The minimum Gasteiger partial charge on any atom is -0.491 e. The van der Waals surface area contributed by atoms with E-state index in [4.69, 9.17) is 10.5 Å². The lowest BCUT2D eigenvalue weighted by atomic mass is 10.1. The molecule has 2 aromatic carbocycles. The molecule has 1 heterocycles. The van der Waals surface area contributed by atoms with E-state index in [2.05, 4.69) is 33.9 Å². The molecule has 28 heavy (non-hydrogen) atoms. The number of nitrogens with zero attached hydrogens (tertiary/aromatic N) is 2. The van der Waals surface area contributed by atoms with Crippen LogP contribution in [0.1, 0.15) is 24.6 Å². The summed E-state index contributed by atoms with van der Waals surface area (Å²) in [6, 6.07) is 15.3. The van der Waals surface area contributed by atoms with Gasteiger partial charge < -0.3 is 20.4 Å². The van der Waals surface area contributed by atoms with E-state index in [9.17, 15) is 4.79 Å². The molecule has 0 unspecified atom stereocenters. The van der Waals surface area contributed by atoms with Gasteiger partial charge in [-0.3, -0.25) is 0 Å². The number of benzene rings is 2. The zero-order chi connectivity index (χ0) is 19.9. The van der Waals surface area contributed by atoms with Crippen LogP contribution in [0.2, 0.25) is 0 Å². The van der Waals surface area contributed by atoms with Crippen molar-refractivity contribution < 1.29 is 9.53 Å². The Kier molecular flexibility index (Phi) is 6.32. The van der Waals surface area contributed by atoms with Crippen molar-refractivity contribution in [3.63, 3.8) is 0 Å². The predicted molar refractivity (Wildman–Crippen MR) is 112 cm³/mol. The van der Waals surface area contributed by atoms with Crippen molar-refractivity contribution >= 4 is 11.7 Å². The summed E-state index contributed by atoms with van der Waals surface area (Å²) >= 11 is 0. The number of nitrogens with two attached hydrogens (primary N) is 1. The number of urea groups is 1. The first-order chi connectivity index (χ1) is 13.6.